The predicted molar refractivity (Wildman–Crippen MR) is 171 cm³/mol. The van der Waals surface area contributed by atoms with Gasteiger partial charge >= 0.3 is 6.09 Å². The van der Waals surface area contributed by atoms with Crippen molar-refractivity contribution < 1.29 is 19.1 Å². The molecule has 4 aromatic rings. The Morgan fingerprint density at radius 1 is 0.955 bits per heavy atom. The molecule has 0 bridgehead atoms. The van der Waals surface area contributed by atoms with Crippen LogP contribution in [-0.4, -0.2) is 45.6 Å². The van der Waals surface area contributed by atoms with Crippen LogP contribution in [0.15, 0.2) is 79.1 Å². The van der Waals surface area contributed by atoms with Gasteiger partial charge in [-0.25, -0.2) is 14.3 Å². The molecule has 0 radical (unpaired) electrons. The molecule has 4 rings (SSSR count). The molecule has 2 amide bonds. The van der Waals surface area contributed by atoms with Gasteiger partial charge in [-0.1, -0.05) is 54.6 Å². The molecule has 0 spiro atoms. The minimum Gasteiger partial charge on any atom is -0.443 e. The van der Waals surface area contributed by atoms with E-state index in [0.29, 0.717) is 43.9 Å². The number of amides is 2. The van der Waals surface area contributed by atoms with Crippen LogP contribution in [0, 0.1) is 0 Å². The van der Waals surface area contributed by atoms with Crippen LogP contribution < -0.4 is 21.7 Å². The minimum absolute atomic E-state index is 0.250. The summed E-state index contributed by atoms with van der Waals surface area (Å²) in [6, 6.07) is 20.3. The SMILES string of the molecule is C[C@H](NC(=O)[C@H](CCCN)NC(=O)c1ccc(CNCc2nccn2C(=O)OC(C)(C)C)cc1)c1cccc2ccccc12. The third-order valence-corrected chi connectivity index (χ3v) is 7.10. The number of carbonyl (C=O) groups excluding carboxylic acids is 3. The van der Waals surface area contributed by atoms with E-state index in [1.165, 1.54) is 4.57 Å². The van der Waals surface area contributed by atoms with Crippen LogP contribution in [0.4, 0.5) is 4.79 Å². The lowest BCUT2D eigenvalue weighted by atomic mass is 9.99. The smallest absolute Gasteiger partial charge is 0.420 e. The van der Waals surface area contributed by atoms with E-state index in [1.54, 1.807) is 24.5 Å². The number of imidazole rings is 1. The molecule has 1 heterocycles. The monoisotopic (exact) mass is 598 g/mol. The summed E-state index contributed by atoms with van der Waals surface area (Å²) in [7, 11) is 0. The maximum absolute atomic E-state index is 13.3. The lowest BCUT2D eigenvalue weighted by molar-refractivity contribution is -0.123. The number of nitrogens with two attached hydrogens (primary N) is 1. The highest BCUT2D eigenvalue weighted by atomic mass is 16.6. The second-order valence-corrected chi connectivity index (χ2v) is 11.7. The molecule has 44 heavy (non-hydrogen) atoms. The quantitative estimate of drug-likeness (QED) is 0.183. The maximum Gasteiger partial charge on any atom is 0.420 e. The first kappa shape index (κ1) is 32.4. The van der Waals surface area contributed by atoms with Crippen LogP contribution >= 0.6 is 0 Å². The van der Waals surface area contributed by atoms with Gasteiger partial charge in [-0.05, 0) is 81.1 Å². The average molecular weight is 599 g/mol. The Balaban J connectivity index is 1.33. The highest BCUT2D eigenvalue weighted by Gasteiger charge is 2.24. The number of fused-ring (bicyclic) bond motifs is 1. The Kier molecular flexibility index (Phi) is 10.9. The van der Waals surface area contributed by atoms with Gasteiger partial charge in [-0.15, -0.1) is 0 Å². The van der Waals surface area contributed by atoms with E-state index in [0.717, 1.165) is 21.9 Å². The summed E-state index contributed by atoms with van der Waals surface area (Å²) < 4.78 is 6.81. The van der Waals surface area contributed by atoms with E-state index >= 15 is 0 Å². The van der Waals surface area contributed by atoms with Crippen molar-refractivity contribution in [1.82, 2.24) is 25.5 Å². The van der Waals surface area contributed by atoms with Crippen LogP contribution in [0.1, 0.15) is 73.9 Å². The number of hydrogen-bond acceptors (Lipinski definition) is 7. The molecule has 0 unspecified atom stereocenters. The number of nitrogens with one attached hydrogen (secondary N) is 3. The van der Waals surface area contributed by atoms with Crippen molar-refractivity contribution in [2.45, 2.75) is 71.3 Å². The fourth-order valence-electron chi connectivity index (χ4n) is 4.89. The van der Waals surface area contributed by atoms with Gasteiger partial charge in [0.2, 0.25) is 5.91 Å². The molecule has 0 saturated carbocycles. The fourth-order valence-corrected chi connectivity index (χ4v) is 4.89. The van der Waals surface area contributed by atoms with E-state index < -0.39 is 17.7 Å². The molecule has 2 atom stereocenters. The zero-order valence-electron chi connectivity index (χ0n) is 25.8. The van der Waals surface area contributed by atoms with Crippen molar-refractivity contribution in [3.8, 4) is 0 Å². The van der Waals surface area contributed by atoms with Crippen molar-refractivity contribution in [3.63, 3.8) is 0 Å². The van der Waals surface area contributed by atoms with Gasteiger partial charge in [0.15, 0.2) is 0 Å². The second-order valence-electron chi connectivity index (χ2n) is 11.7. The van der Waals surface area contributed by atoms with E-state index in [4.69, 9.17) is 10.5 Å². The van der Waals surface area contributed by atoms with E-state index in [-0.39, 0.29) is 17.9 Å². The van der Waals surface area contributed by atoms with Crippen molar-refractivity contribution in [2.75, 3.05) is 6.54 Å². The van der Waals surface area contributed by atoms with Crippen molar-refractivity contribution in [2.24, 2.45) is 5.73 Å². The Labute approximate surface area is 258 Å². The molecule has 0 aliphatic carbocycles. The predicted octanol–water partition coefficient (Wildman–Crippen LogP) is 4.82. The largest absolute Gasteiger partial charge is 0.443 e. The van der Waals surface area contributed by atoms with Gasteiger partial charge in [-0.2, -0.15) is 0 Å². The van der Waals surface area contributed by atoms with Gasteiger partial charge in [-0.3, -0.25) is 9.59 Å². The third kappa shape index (κ3) is 8.75. The number of hydrogen-bond donors (Lipinski definition) is 4. The number of nitrogens with zero attached hydrogens (tertiary/aromatic N) is 2. The Bertz CT molecular complexity index is 1570. The first-order valence-electron chi connectivity index (χ1n) is 14.9. The number of ether oxygens (including phenoxy) is 1. The molecule has 0 aliphatic rings. The summed E-state index contributed by atoms with van der Waals surface area (Å²) in [6.45, 7) is 8.64. The normalized spacial score (nSPS) is 12.8. The zero-order chi connectivity index (χ0) is 31.7. The molecular formula is C34H42N6O4. The zero-order valence-corrected chi connectivity index (χ0v) is 25.8. The molecule has 10 nitrogen and oxygen atoms in total. The molecule has 3 aromatic carbocycles. The van der Waals surface area contributed by atoms with Gasteiger partial charge in [0, 0.05) is 24.5 Å². The molecule has 5 N–H and O–H groups in total. The van der Waals surface area contributed by atoms with E-state index in [1.807, 2.05) is 82.3 Å². The van der Waals surface area contributed by atoms with Crippen molar-refractivity contribution in [1.29, 1.82) is 0 Å². The summed E-state index contributed by atoms with van der Waals surface area (Å²) in [6.07, 6.45) is 3.67. The molecule has 0 saturated heterocycles. The van der Waals surface area contributed by atoms with E-state index in [9.17, 15) is 14.4 Å². The van der Waals surface area contributed by atoms with Gasteiger partial charge in [0.1, 0.15) is 17.5 Å². The van der Waals surface area contributed by atoms with E-state index in [2.05, 4.69) is 20.9 Å². The Morgan fingerprint density at radius 3 is 2.41 bits per heavy atom. The second kappa shape index (κ2) is 14.8. The van der Waals surface area contributed by atoms with Crippen molar-refractivity contribution >= 4 is 28.7 Å². The minimum atomic E-state index is -0.724. The summed E-state index contributed by atoms with van der Waals surface area (Å²) in [5, 5.41) is 11.4. The highest BCUT2D eigenvalue weighted by molar-refractivity contribution is 5.97. The van der Waals surface area contributed by atoms with Crippen LogP contribution in [0.2, 0.25) is 0 Å². The summed E-state index contributed by atoms with van der Waals surface area (Å²) in [5.74, 6) is -0.0523. The lowest BCUT2D eigenvalue weighted by Gasteiger charge is -2.22. The first-order chi connectivity index (χ1) is 21.1. The molecule has 1 aromatic heterocycles. The average Bonchev–Trinajstić information content (AvgIpc) is 3.47. The first-order valence-corrected chi connectivity index (χ1v) is 14.9. The summed E-state index contributed by atoms with van der Waals surface area (Å²) in [4.78, 5) is 43.1. The molecule has 10 heteroatoms. The number of rotatable bonds is 12. The summed E-state index contributed by atoms with van der Waals surface area (Å²) in [5.41, 5.74) is 7.52. The van der Waals surface area contributed by atoms with Crippen LogP contribution in [0.25, 0.3) is 10.8 Å². The topological polar surface area (TPSA) is 140 Å². The van der Waals surface area contributed by atoms with Crippen LogP contribution in [-0.2, 0) is 22.6 Å². The maximum atomic E-state index is 13.3. The van der Waals surface area contributed by atoms with Gasteiger partial charge < -0.3 is 26.4 Å². The van der Waals surface area contributed by atoms with Crippen LogP contribution in [0.3, 0.4) is 0 Å². The summed E-state index contributed by atoms with van der Waals surface area (Å²) >= 11 is 0. The molecule has 232 valence electrons. The van der Waals surface area contributed by atoms with Crippen LogP contribution in [0.5, 0.6) is 0 Å². The van der Waals surface area contributed by atoms with Crippen molar-refractivity contribution in [3.05, 3.63) is 102 Å². The lowest BCUT2D eigenvalue weighted by Crippen LogP contribution is -2.47. The highest BCUT2D eigenvalue weighted by Crippen LogP contribution is 2.24. The van der Waals surface area contributed by atoms with Gasteiger partial charge in [0.05, 0.1) is 12.6 Å². The Morgan fingerprint density at radius 2 is 1.68 bits per heavy atom. The number of carbonyl (C=O) groups is 3. The number of aromatic nitrogens is 2. The Hall–Kier alpha value is -4.54. The molecule has 0 fully saturated rings. The molecule has 0 aliphatic heterocycles. The molecular weight excluding hydrogens is 556 g/mol. The standard InChI is InChI=1S/C34H42N6O4/c1-23(27-12-7-10-25-9-5-6-11-28(25)27)38-32(42)29(13-8-18-35)39-31(41)26-16-14-24(15-17-26)21-36-22-30-37-19-20-40(30)33(43)44-34(2,3)4/h5-7,9-12,14-17,19-20,23,29,36H,8,13,18,21-22,35H2,1-4H3,(H,38,42)(H,39,41)/t23-,29-/m0/s1. The fraction of sp³-hybridized carbons (Fsp3) is 0.353. The third-order valence-electron chi connectivity index (χ3n) is 7.10. The van der Waals surface area contributed by atoms with Gasteiger partial charge in [0.25, 0.3) is 5.91 Å². The number of benzene rings is 3.